The molecule has 1 aromatic rings. The van der Waals surface area contributed by atoms with Crippen molar-refractivity contribution < 1.29 is 4.74 Å². The van der Waals surface area contributed by atoms with Gasteiger partial charge in [0, 0.05) is 22.9 Å². The van der Waals surface area contributed by atoms with Crippen LogP contribution < -0.4 is 10.1 Å². The molecule has 132 valence electrons. The zero-order valence-corrected chi connectivity index (χ0v) is 16.0. The third kappa shape index (κ3) is 2.69. The van der Waals surface area contributed by atoms with Gasteiger partial charge in [-0.25, -0.2) is 0 Å². The van der Waals surface area contributed by atoms with Crippen LogP contribution in [0.25, 0.3) is 0 Å². The second-order valence-corrected chi connectivity index (χ2v) is 7.82. The number of fused-ring (bicyclic) bond motifs is 1. The van der Waals surface area contributed by atoms with Crippen LogP contribution in [0.5, 0.6) is 5.75 Å². The summed E-state index contributed by atoms with van der Waals surface area (Å²) in [6.07, 6.45) is 9.71. The molecule has 2 aliphatic rings. The van der Waals surface area contributed by atoms with Crippen molar-refractivity contribution in [2.75, 3.05) is 13.7 Å². The Balaban J connectivity index is 2.25. The molecular formula is C22H33NO. The normalized spacial score (nSPS) is 30.7. The number of nitrogens with one attached hydrogen (secondary N) is 1. The van der Waals surface area contributed by atoms with E-state index in [4.69, 9.17) is 4.74 Å². The fourth-order valence-corrected chi connectivity index (χ4v) is 5.18. The van der Waals surface area contributed by atoms with Gasteiger partial charge in [0.15, 0.2) is 0 Å². The van der Waals surface area contributed by atoms with E-state index in [9.17, 15) is 0 Å². The highest BCUT2D eigenvalue weighted by molar-refractivity contribution is 5.52. The molecule has 0 radical (unpaired) electrons. The van der Waals surface area contributed by atoms with Crippen molar-refractivity contribution in [1.29, 1.82) is 0 Å². The molecule has 1 N–H and O–H groups in total. The maximum Gasteiger partial charge on any atom is 0.122 e. The van der Waals surface area contributed by atoms with Gasteiger partial charge >= 0.3 is 0 Å². The van der Waals surface area contributed by atoms with Gasteiger partial charge in [-0.1, -0.05) is 32.1 Å². The summed E-state index contributed by atoms with van der Waals surface area (Å²) < 4.78 is 5.82. The summed E-state index contributed by atoms with van der Waals surface area (Å²) in [7, 11) is 1.82. The lowest BCUT2D eigenvalue weighted by Gasteiger charge is -2.51. The van der Waals surface area contributed by atoms with Gasteiger partial charge < -0.3 is 10.1 Å². The van der Waals surface area contributed by atoms with Gasteiger partial charge in [-0.3, -0.25) is 0 Å². The smallest absolute Gasteiger partial charge is 0.122 e. The highest BCUT2D eigenvalue weighted by Gasteiger charge is 2.47. The van der Waals surface area contributed by atoms with Crippen molar-refractivity contribution in [2.45, 2.75) is 70.8 Å². The Morgan fingerprint density at radius 1 is 1.33 bits per heavy atom. The number of benzene rings is 1. The molecule has 4 atom stereocenters. The van der Waals surface area contributed by atoms with Crippen molar-refractivity contribution in [3.05, 3.63) is 41.0 Å². The molecule has 3 rings (SSSR count). The fraction of sp³-hybridized carbons (Fsp3) is 0.636. The zero-order valence-electron chi connectivity index (χ0n) is 16.0. The van der Waals surface area contributed by atoms with E-state index in [-0.39, 0.29) is 5.41 Å². The topological polar surface area (TPSA) is 21.3 Å². The molecule has 1 aromatic carbocycles. The summed E-state index contributed by atoms with van der Waals surface area (Å²) in [6.45, 7) is 10.4. The van der Waals surface area contributed by atoms with Gasteiger partial charge in [0.2, 0.25) is 0 Å². The molecular weight excluding hydrogens is 294 g/mol. The van der Waals surface area contributed by atoms with Crippen LogP contribution >= 0.6 is 0 Å². The summed E-state index contributed by atoms with van der Waals surface area (Å²) >= 11 is 0. The Kier molecular flexibility index (Phi) is 5.05. The Morgan fingerprint density at radius 2 is 2.12 bits per heavy atom. The van der Waals surface area contributed by atoms with E-state index in [1.54, 1.807) is 5.56 Å². The average molecular weight is 328 g/mol. The van der Waals surface area contributed by atoms with E-state index >= 15 is 0 Å². The SMILES string of the molecule is CCC(C)c1c(OC)ccc(C)c1C12CCC=CC1C(C)NCC2. The van der Waals surface area contributed by atoms with Crippen LogP contribution in [0.3, 0.4) is 0 Å². The van der Waals surface area contributed by atoms with E-state index in [2.05, 4.69) is 57.3 Å². The first-order valence-corrected chi connectivity index (χ1v) is 9.63. The Hall–Kier alpha value is -1.28. The lowest BCUT2D eigenvalue weighted by atomic mass is 9.57. The Bertz CT molecular complexity index is 621. The molecule has 0 bridgehead atoms. The zero-order chi connectivity index (χ0) is 17.3. The van der Waals surface area contributed by atoms with Crippen LogP contribution in [-0.2, 0) is 5.41 Å². The molecule has 1 aliphatic heterocycles. The van der Waals surface area contributed by atoms with Crippen LogP contribution in [0.1, 0.15) is 69.1 Å². The highest BCUT2D eigenvalue weighted by Crippen LogP contribution is 2.52. The quantitative estimate of drug-likeness (QED) is 0.777. The summed E-state index contributed by atoms with van der Waals surface area (Å²) in [6, 6.07) is 4.98. The van der Waals surface area contributed by atoms with Crippen molar-refractivity contribution in [3.63, 3.8) is 0 Å². The van der Waals surface area contributed by atoms with Gasteiger partial charge in [0.05, 0.1) is 7.11 Å². The number of ether oxygens (including phenoxy) is 1. The summed E-state index contributed by atoms with van der Waals surface area (Å²) in [5.41, 5.74) is 4.77. The first kappa shape index (κ1) is 17.5. The monoisotopic (exact) mass is 327 g/mol. The molecule has 0 amide bonds. The molecule has 1 fully saturated rings. The molecule has 2 nitrogen and oxygen atoms in total. The molecule has 1 aliphatic carbocycles. The van der Waals surface area contributed by atoms with E-state index in [1.807, 2.05) is 7.11 Å². The predicted octanol–water partition coefficient (Wildman–Crippen LogP) is 5.10. The predicted molar refractivity (Wildman–Crippen MR) is 102 cm³/mol. The number of piperidine rings is 1. The summed E-state index contributed by atoms with van der Waals surface area (Å²) in [5.74, 6) is 2.19. The number of aryl methyl sites for hydroxylation is 1. The number of hydrogen-bond donors (Lipinski definition) is 1. The minimum atomic E-state index is 0.261. The van der Waals surface area contributed by atoms with Gasteiger partial charge in [-0.05, 0) is 69.2 Å². The first-order valence-electron chi connectivity index (χ1n) is 9.63. The number of rotatable bonds is 4. The molecule has 0 saturated carbocycles. The maximum absolute atomic E-state index is 5.82. The van der Waals surface area contributed by atoms with E-state index in [1.165, 1.54) is 30.4 Å². The second kappa shape index (κ2) is 6.92. The standard InChI is InChI=1S/C22H33NO/c1-6-15(2)20-19(24-5)11-10-16(3)21(20)22-12-8-7-9-18(22)17(4)23-14-13-22/h7,9-11,15,17-18,23H,6,8,12-14H2,1-5H3. The van der Waals surface area contributed by atoms with Crippen molar-refractivity contribution in [1.82, 2.24) is 5.32 Å². The number of allylic oxidation sites excluding steroid dienone is 1. The average Bonchev–Trinajstić information content (AvgIpc) is 2.61. The molecule has 4 unspecified atom stereocenters. The van der Waals surface area contributed by atoms with Crippen molar-refractivity contribution in [3.8, 4) is 5.75 Å². The summed E-state index contributed by atoms with van der Waals surface area (Å²) in [4.78, 5) is 0. The minimum Gasteiger partial charge on any atom is -0.496 e. The highest BCUT2D eigenvalue weighted by atomic mass is 16.5. The van der Waals surface area contributed by atoms with E-state index in [0.717, 1.165) is 18.7 Å². The van der Waals surface area contributed by atoms with Crippen molar-refractivity contribution >= 4 is 0 Å². The molecule has 1 saturated heterocycles. The first-order chi connectivity index (χ1) is 11.5. The molecule has 2 heteroatoms. The lowest BCUT2D eigenvalue weighted by molar-refractivity contribution is 0.170. The maximum atomic E-state index is 5.82. The van der Waals surface area contributed by atoms with Crippen LogP contribution in [0.2, 0.25) is 0 Å². The van der Waals surface area contributed by atoms with Crippen LogP contribution in [0.15, 0.2) is 24.3 Å². The Labute approximate surface area is 147 Å². The third-order valence-corrected chi connectivity index (χ3v) is 6.55. The molecule has 1 heterocycles. The number of hydrogen-bond acceptors (Lipinski definition) is 2. The molecule has 24 heavy (non-hydrogen) atoms. The fourth-order valence-electron chi connectivity index (χ4n) is 5.18. The van der Waals surface area contributed by atoms with Gasteiger partial charge in [-0.15, -0.1) is 0 Å². The van der Waals surface area contributed by atoms with E-state index in [0.29, 0.717) is 17.9 Å². The van der Waals surface area contributed by atoms with Gasteiger partial charge in [-0.2, -0.15) is 0 Å². The largest absolute Gasteiger partial charge is 0.496 e. The molecule has 0 spiro atoms. The van der Waals surface area contributed by atoms with E-state index < -0.39 is 0 Å². The molecule has 0 aromatic heterocycles. The minimum absolute atomic E-state index is 0.261. The lowest BCUT2D eigenvalue weighted by Crippen LogP contribution is -2.54. The van der Waals surface area contributed by atoms with Crippen molar-refractivity contribution in [2.24, 2.45) is 5.92 Å². The second-order valence-electron chi connectivity index (χ2n) is 7.82. The van der Waals surface area contributed by atoms with Gasteiger partial charge in [0.25, 0.3) is 0 Å². The summed E-state index contributed by atoms with van der Waals surface area (Å²) in [5, 5.41) is 3.70. The van der Waals surface area contributed by atoms with Crippen LogP contribution in [0.4, 0.5) is 0 Å². The third-order valence-electron chi connectivity index (χ3n) is 6.55. The van der Waals surface area contributed by atoms with Gasteiger partial charge in [0.1, 0.15) is 5.75 Å². The number of methoxy groups -OCH3 is 1. The van der Waals surface area contributed by atoms with Crippen LogP contribution in [0, 0.1) is 12.8 Å². The Morgan fingerprint density at radius 3 is 2.83 bits per heavy atom. The van der Waals surface area contributed by atoms with Crippen LogP contribution in [-0.4, -0.2) is 19.7 Å².